The van der Waals surface area contributed by atoms with Gasteiger partial charge in [0, 0.05) is 56.2 Å². The number of rotatable bonds is 5. The third-order valence-electron chi connectivity index (χ3n) is 6.82. The molecule has 0 unspecified atom stereocenters. The molecule has 7 nitrogen and oxygen atoms in total. The minimum absolute atomic E-state index is 0.134. The van der Waals surface area contributed by atoms with Crippen LogP contribution in [0.4, 0.5) is 11.4 Å². The smallest absolute Gasteiger partial charge is 0.255 e. The number of piperazine rings is 1. The molecule has 182 valence electrons. The van der Waals surface area contributed by atoms with E-state index in [4.69, 9.17) is 0 Å². The Balaban J connectivity index is 1.27. The van der Waals surface area contributed by atoms with Crippen LogP contribution in [0.1, 0.15) is 21.5 Å². The second kappa shape index (κ2) is 9.81. The third kappa shape index (κ3) is 5.10. The largest absolute Gasteiger partial charge is 0.369 e. The number of hydrogen-bond acceptors (Lipinski definition) is 5. The lowest BCUT2D eigenvalue weighted by molar-refractivity contribution is 0.102. The number of carbonyl (C=O) groups excluding carboxylic acids is 1. The molecule has 0 radical (unpaired) electrons. The number of anilines is 2. The molecule has 1 saturated heterocycles. The number of fused-ring (bicyclic) bond motifs is 1. The second-order valence-corrected chi connectivity index (χ2v) is 11.1. The molecule has 1 N–H and O–H groups in total. The molecule has 1 fully saturated rings. The van der Waals surface area contributed by atoms with Gasteiger partial charge < -0.3 is 15.1 Å². The number of hydrogen-bond donors (Lipinski definition) is 1. The van der Waals surface area contributed by atoms with Gasteiger partial charge in [0.05, 0.1) is 4.90 Å². The quantitative estimate of drug-likeness (QED) is 0.593. The Hall–Kier alpha value is -3.20. The number of nitrogens with zero attached hydrogens (tertiary/aromatic N) is 3. The van der Waals surface area contributed by atoms with Crippen LogP contribution in [0.3, 0.4) is 0 Å². The van der Waals surface area contributed by atoms with Crippen molar-refractivity contribution in [3.05, 3.63) is 89.5 Å². The molecule has 2 aliphatic rings. The number of carbonyl (C=O) groups is 1. The molecular formula is C27H30N4O3S. The van der Waals surface area contributed by atoms with Crippen molar-refractivity contribution < 1.29 is 13.2 Å². The Morgan fingerprint density at radius 2 is 1.54 bits per heavy atom. The van der Waals surface area contributed by atoms with Crippen LogP contribution in [0.25, 0.3) is 0 Å². The average molecular weight is 491 g/mol. The topological polar surface area (TPSA) is 73.0 Å². The van der Waals surface area contributed by atoms with Gasteiger partial charge in [-0.3, -0.25) is 4.79 Å². The van der Waals surface area contributed by atoms with Gasteiger partial charge in [0.2, 0.25) is 10.0 Å². The number of likely N-dealkylation sites (N-methyl/N-ethyl adjacent to an activating group) is 1. The van der Waals surface area contributed by atoms with Crippen LogP contribution in [0.5, 0.6) is 0 Å². The highest BCUT2D eigenvalue weighted by molar-refractivity contribution is 7.89. The van der Waals surface area contributed by atoms with Crippen LogP contribution in [0.15, 0.2) is 77.7 Å². The first-order valence-electron chi connectivity index (χ1n) is 11.9. The van der Waals surface area contributed by atoms with Crippen molar-refractivity contribution in [1.29, 1.82) is 0 Å². The Kier molecular flexibility index (Phi) is 6.60. The van der Waals surface area contributed by atoms with Gasteiger partial charge in [-0.25, -0.2) is 8.42 Å². The molecule has 0 atom stereocenters. The maximum absolute atomic E-state index is 13.3. The minimum Gasteiger partial charge on any atom is -0.369 e. The number of nitrogens with one attached hydrogen (secondary N) is 1. The van der Waals surface area contributed by atoms with E-state index in [1.807, 2.05) is 48.5 Å². The molecule has 3 aromatic rings. The summed E-state index contributed by atoms with van der Waals surface area (Å²) in [6.45, 7) is 4.78. The van der Waals surface area contributed by atoms with Gasteiger partial charge in [0.25, 0.3) is 5.91 Å². The van der Waals surface area contributed by atoms with E-state index in [9.17, 15) is 13.2 Å². The molecule has 2 aliphatic heterocycles. The fourth-order valence-electron chi connectivity index (χ4n) is 4.65. The fourth-order valence-corrected chi connectivity index (χ4v) is 6.11. The highest BCUT2D eigenvalue weighted by Crippen LogP contribution is 2.26. The van der Waals surface area contributed by atoms with Gasteiger partial charge in [-0.05, 0) is 67.1 Å². The van der Waals surface area contributed by atoms with E-state index in [2.05, 4.69) is 22.2 Å². The van der Waals surface area contributed by atoms with Gasteiger partial charge in [-0.2, -0.15) is 4.31 Å². The normalized spacial score (nSPS) is 17.1. The van der Waals surface area contributed by atoms with Crippen molar-refractivity contribution in [2.75, 3.05) is 50.0 Å². The van der Waals surface area contributed by atoms with E-state index in [0.29, 0.717) is 30.8 Å². The van der Waals surface area contributed by atoms with Gasteiger partial charge in [0.1, 0.15) is 0 Å². The maximum Gasteiger partial charge on any atom is 0.255 e. The molecule has 0 saturated carbocycles. The standard InChI is InChI=1S/C27H30N4O3S/c1-29-15-17-30(18-16-29)25-11-9-24(10-12-25)28-27(32)22-7-4-8-26(19-22)35(33,34)31-14-13-21-5-2-3-6-23(21)20-31/h2-12,19H,13-18,20H2,1H3,(H,28,32). The summed E-state index contributed by atoms with van der Waals surface area (Å²) in [5, 5.41) is 2.89. The van der Waals surface area contributed by atoms with Crippen molar-refractivity contribution in [2.45, 2.75) is 17.9 Å². The van der Waals surface area contributed by atoms with Crippen LogP contribution in [0, 0.1) is 0 Å². The fraction of sp³-hybridized carbons (Fsp3) is 0.296. The van der Waals surface area contributed by atoms with Crippen LogP contribution >= 0.6 is 0 Å². The molecule has 2 heterocycles. The highest BCUT2D eigenvalue weighted by Gasteiger charge is 2.28. The molecule has 0 aliphatic carbocycles. The van der Waals surface area contributed by atoms with E-state index >= 15 is 0 Å². The molecule has 0 bridgehead atoms. The van der Waals surface area contributed by atoms with E-state index < -0.39 is 10.0 Å². The summed E-state index contributed by atoms with van der Waals surface area (Å²) < 4.78 is 28.1. The van der Waals surface area contributed by atoms with Gasteiger partial charge >= 0.3 is 0 Å². The lowest BCUT2D eigenvalue weighted by Crippen LogP contribution is -2.44. The number of benzene rings is 3. The van der Waals surface area contributed by atoms with Crippen molar-refractivity contribution in [1.82, 2.24) is 9.21 Å². The van der Waals surface area contributed by atoms with E-state index in [1.165, 1.54) is 15.9 Å². The number of sulfonamides is 1. The summed E-state index contributed by atoms with van der Waals surface area (Å²) in [5.74, 6) is -0.335. The minimum atomic E-state index is -3.71. The van der Waals surface area contributed by atoms with Crippen LogP contribution < -0.4 is 10.2 Å². The second-order valence-electron chi connectivity index (χ2n) is 9.18. The molecule has 3 aromatic carbocycles. The van der Waals surface area contributed by atoms with Gasteiger partial charge in [0.15, 0.2) is 0 Å². The van der Waals surface area contributed by atoms with Gasteiger partial charge in [-0.15, -0.1) is 0 Å². The molecular weight excluding hydrogens is 460 g/mol. The summed E-state index contributed by atoms with van der Waals surface area (Å²) in [4.78, 5) is 17.7. The number of amides is 1. The zero-order valence-corrected chi connectivity index (χ0v) is 20.7. The molecule has 8 heteroatoms. The van der Waals surface area contributed by atoms with Gasteiger partial charge in [-0.1, -0.05) is 30.3 Å². The highest BCUT2D eigenvalue weighted by atomic mass is 32.2. The maximum atomic E-state index is 13.3. The Morgan fingerprint density at radius 1 is 0.829 bits per heavy atom. The van der Waals surface area contributed by atoms with Crippen molar-refractivity contribution in [2.24, 2.45) is 0 Å². The average Bonchev–Trinajstić information content (AvgIpc) is 2.89. The predicted molar refractivity (Wildman–Crippen MR) is 138 cm³/mol. The Bertz CT molecular complexity index is 1320. The predicted octanol–water partition coefficient (Wildman–Crippen LogP) is 3.44. The van der Waals surface area contributed by atoms with E-state index in [-0.39, 0.29) is 10.8 Å². The van der Waals surface area contributed by atoms with Crippen LogP contribution in [-0.2, 0) is 23.0 Å². The molecule has 0 aromatic heterocycles. The summed E-state index contributed by atoms with van der Waals surface area (Å²) in [6.07, 6.45) is 0.680. The lowest BCUT2D eigenvalue weighted by atomic mass is 10.0. The molecule has 0 spiro atoms. The zero-order chi connectivity index (χ0) is 24.4. The van der Waals surface area contributed by atoms with E-state index in [1.54, 1.807) is 18.2 Å². The monoisotopic (exact) mass is 490 g/mol. The summed E-state index contributed by atoms with van der Waals surface area (Å²) in [5.41, 5.74) is 4.33. The first-order valence-corrected chi connectivity index (χ1v) is 13.4. The SMILES string of the molecule is CN1CCN(c2ccc(NC(=O)c3cccc(S(=O)(=O)N4CCc5ccccc5C4)c3)cc2)CC1. The first-order chi connectivity index (χ1) is 16.9. The van der Waals surface area contributed by atoms with Crippen LogP contribution in [-0.4, -0.2) is 63.3 Å². The lowest BCUT2D eigenvalue weighted by Gasteiger charge is -2.34. The van der Waals surface area contributed by atoms with E-state index in [0.717, 1.165) is 37.4 Å². The van der Waals surface area contributed by atoms with Crippen molar-refractivity contribution in [3.63, 3.8) is 0 Å². The summed E-state index contributed by atoms with van der Waals surface area (Å²) in [7, 11) is -1.58. The molecule has 1 amide bonds. The Morgan fingerprint density at radius 3 is 2.29 bits per heavy atom. The van der Waals surface area contributed by atoms with Crippen molar-refractivity contribution >= 4 is 27.3 Å². The Labute approximate surface area is 207 Å². The summed E-state index contributed by atoms with van der Waals surface area (Å²) >= 11 is 0. The molecule has 5 rings (SSSR count). The van der Waals surface area contributed by atoms with Crippen molar-refractivity contribution in [3.8, 4) is 0 Å². The molecule has 35 heavy (non-hydrogen) atoms. The summed E-state index contributed by atoms with van der Waals surface area (Å²) in [6, 6.07) is 22.0. The third-order valence-corrected chi connectivity index (χ3v) is 8.66. The first kappa shape index (κ1) is 23.5. The zero-order valence-electron chi connectivity index (χ0n) is 19.9. The van der Waals surface area contributed by atoms with Crippen LogP contribution in [0.2, 0.25) is 0 Å².